The van der Waals surface area contributed by atoms with Crippen molar-refractivity contribution >= 4 is 22.6 Å². The van der Waals surface area contributed by atoms with Crippen LogP contribution in [0.2, 0.25) is 0 Å². The smallest absolute Gasteiger partial charge is 0.439 e. The van der Waals surface area contributed by atoms with Crippen LogP contribution in [0.15, 0.2) is 33.9 Å². The molecule has 1 aromatic carbocycles. The van der Waals surface area contributed by atoms with Crippen LogP contribution in [0.4, 0.5) is 4.79 Å². The van der Waals surface area contributed by atoms with Gasteiger partial charge in [0.05, 0.1) is 5.52 Å². The van der Waals surface area contributed by atoms with Crippen molar-refractivity contribution in [2.24, 2.45) is 0 Å². The molecule has 0 bridgehead atoms. The minimum Gasteiger partial charge on any atom is -0.442 e. The molecule has 24 heavy (non-hydrogen) atoms. The Bertz CT molecular complexity index is 1000. The van der Waals surface area contributed by atoms with E-state index in [-0.39, 0.29) is 5.65 Å². The van der Waals surface area contributed by atoms with Crippen LogP contribution in [0.25, 0.3) is 16.6 Å². The molecule has 0 fully saturated rings. The average molecular weight is 332 g/mol. The third kappa shape index (κ3) is 3.08. The summed E-state index contributed by atoms with van der Waals surface area (Å²) in [5, 5.41) is 4.51. The van der Waals surface area contributed by atoms with Gasteiger partial charge >= 0.3 is 17.5 Å². The number of fused-ring (bicyclic) bond motifs is 3. The van der Waals surface area contributed by atoms with Gasteiger partial charge in [0, 0.05) is 5.39 Å². The fourth-order valence-electron chi connectivity index (χ4n) is 2.11. The van der Waals surface area contributed by atoms with Crippen molar-refractivity contribution in [3.8, 4) is 0 Å². The zero-order valence-electron chi connectivity index (χ0n) is 14.3. The van der Waals surface area contributed by atoms with Crippen LogP contribution in [-0.4, -0.2) is 30.9 Å². The molecule has 0 saturated heterocycles. The molecule has 0 aliphatic heterocycles. The monoisotopic (exact) mass is 332 g/mol. The second-order valence-electron chi connectivity index (χ2n) is 5.81. The van der Waals surface area contributed by atoms with Gasteiger partial charge in [-0.05, 0) is 32.9 Å². The molecular formula is C16H20N4O4. The Balaban J connectivity index is 0.00000100. The standard InChI is InChI=1S/C14H14N4O4.C2H6/c1-14(2,3)22-13(21)18-12(20)17-10(16-18)8-6-4-5-7-9(8)15-11(17)19;1-2/h4-7H,1-3H3,(H,15,19);1-2H3. The van der Waals surface area contributed by atoms with Crippen LogP contribution in [0.3, 0.4) is 0 Å². The zero-order valence-corrected chi connectivity index (χ0v) is 14.3. The van der Waals surface area contributed by atoms with Crippen molar-refractivity contribution in [1.82, 2.24) is 19.2 Å². The number of carbonyl (C=O) groups is 1. The van der Waals surface area contributed by atoms with Crippen molar-refractivity contribution in [2.75, 3.05) is 0 Å². The van der Waals surface area contributed by atoms with E-state index in [0.29, 0.717) is 15.6 Å². The number of carbonyl (C=O) groups excluding carboxylic acids is 1. The van der Waals surface area contributed by atoms with Gasteiger partial charge in [0.15, 0.2) is 5.65 Å². The lowest BCUT2D eigenvalue weighted by molar-refractivity contribution is 0.0508. The van der Waals surface area contributed by atoms with Crippen LogP contribution < -0.4 is 11.4 Å². The summed E-state index contributed by atoms with van der Waals surface area (Å²) in [6, 6.07) is 6.88. The molecule has 8 heteroatoms. The van der Waals surface area contributed by atoms with Gasteiger partial charge in [-0.25, -0.2) is 14.4 Å². The Kier molecular flexibility index (Phi) is 4.59. The molecule has 0 spiro atoms. The van der Waals surface area contributed by atoms with Gasteiger partial charge in [0.25, 0.3) is 0 Å². The molecule has 1 N–H and O–H groups in total. The molecular weight excluding hydrogens is 312 g/mol. The lowest BCUT2D eigenvalue weighted by Crippen LogP contribution is -2.36. The predicted octanol–water partition coefficient (Wildman–Crippen LogP) is 2.15. The van der Waals surface area contributed by atoms with Crippen LogP contribution in [-0.2, 0) is 4.74 Å². The minimum atomic E-state index is -0.926. The van der Waals surface area contributed by atoms with Gasteiger partial charge in [-0.15, -0.1) is 9.78 Å². The summed E-state index contributed by atoms with van der Waals surface area (Å²) in [4.78, 5) is 38.9. The normalized spacial score (nSPS) is 11.2. The topological polar surface area (TPSA) is 98.5 Å². The van der Waals surface area contributed by atoms with Crippen molar-refractivity contribution in [2.45, 2.75) is 40.2 Å². The minimum absolute atomic E-state index is 0.107. The van der Waals surface area contributed by atoms with Crippen molar-refractivity contribution in [3.05, 3.63) is 45.2 Å². The van der Waals surface area contributed by atoms with Gasteiger partial charge in [-0.1, -0.05) is 26.0 Å². The van der Waals surface area contributed by atoms with Crippen LogP contribution >= 0.6 is 0 Å². The van der Waals surface area contributed by atoms with Crippen LogP contribution in [0.5, 0.6) is 0 Å². The highest BCUT2D eigenvalue weighted by atomic mass is 16.6. The maximum Gasteiger partial charge on any atom is 0.439 e. The largest absolute Gasteiger partial charge is 0.442 e. The summed E-state index contributed by atoms with van der Waals surface area (Å²) in [6.45, 7) is 9.02. The molecule has 128 valence electrons. The Hall–Kier alpha value is -2.90. The molecule has 0 radical (unpaired) electrons. The number of hydrogen-bond donors (Lipinski definition) is 1. The molecule has 3 rings (SSSR count). The molecule has 2 heterocycles. The quantitative estimate of drug-likeness (QED) is 0.680. The molecule has 3 aromatic rings. The average Bonchev–Trinajstić information content (AvgIpc) is 2.86. The fraction of sp³-hybridized carbons (Fsp3) is 0.375. The molecule has 0 unspecified atom stereocenters. The molecule has 0 atom stereocenters. The van der Waals surface area contributed by atoms with Gasteiger partial charge in [0.1, 0.15) is 5.60 Å². The first-order chi connectivity index (χ1) is 11.3. The molecule has 0 amide bonds. The highest BCUT2D eigenvalue weighted by Crippen LogP contribution is 2.13. The summed E-state index contributed by atoms with van der Waals surface area (Å²) >= 11 is 0. The van der Waals surface area contributed by atoms with E-state index in [1.807, 2.05) is 13.8 Å². The van der Waals surface area contributed by atoms with E-state index >= 15 is 0 Å². The Labute approximate surface area is 137 Å². The number of H-pyrrole nitrogens is 1. The Morgan fingerprint density at radius 2 is 1.79 bits per heavy atom. The maximum absolute atomic E-state index is 12.3. The summed E-state index contributed by atoms with van der Waals surface area (Å²) in [6.07, 6.45) is -0.926. The summed E-state index contributed by atoms with van der Waals surface area (Å²) in [5.41, 5.74) is -1.66. The number of para-hydroxylation sites is 1. The first-order valence-electron chi connectivity index (χ1n) is 7.64. The first-order valence-corrected chi connectivity index (χ1v) is 7.64. The van der Waals surface area contributed by atoms with Crippen LogP contribution in [0, 0.1) is 0 Å². The van der Waals surface area contributed by atoms with E-state index in [4.69, 9.17) is 4.74 Å². The summed E-state index contributed by atoms with van der Waals surface area (Å²) in [5.74, 6) is 0. The predicted molar refractivity (Wildman–Crippen MR) is 90.6 cm³/mol. The number of aromatic nitrogens is 4. The first kappa shape index (κ1) is 17.5. The van der Waals surface area contributed by atoms with Gasteiger partial charge < -0.3 is 9.72 Å². The lowest BCUT2D eigenvalue weighted by atomic mass is 10.2. The van der Waals surface area contributed by atoms with Gasteiger partial charge in [-0.3, -0.25) is 0 Å². The maximum atomic E-state index is 12.3. The molecule has 2 aromatic heterocycles. The van der Waals surface area contributed by atoms with Gasteiger partial charge in [-0.2, -0.15) is 4.40 Å². The van der Waals surface area contributed by atoms with E-state index in [2.05, 4.69) is 10.1 Å². The van der Waals surface area contributed by atoms with E-state index in [0.717, 1.165) is 4.40 Å². The lowest BCUT2D eigenvalue weighted by Gasteiger charge is -2.18. The zero-order chi connectivity index (χ0) is 18.1. The SMILES string of the molecule is CC.CC(C)(C)OC(=O)n1nc2c3ccccc3[nH]c(=O)n2c1=O. The van der Waals surface area contributed by atoms with Crippen molar-refractivity contribution in [1.29, 1.82) is 0 Å². The molecule has 0 saturated carbocycles. The number of benzene rings is 1. The van der Waals surface area contributed by atoms with Crippen molar-refractivity contribution < 1.29 is 9.53 Å². The molecule has 0 aliphatic carbocycles. The summed E-state index contributed by atoms with van der Waals surface area (Å²) in [7, 11) is 0. The van der Waals surface area contributed by atoms with Gasteiger partial charge in [0.2, 0.25) is 0 Å². The number of nitrogens with zero attached hydrogens (tertiary/aromatic N) is 3. The Morgan fingerprint density at radius 1 is 1.17 bits per heavy atom. The highest BCUT2D eigenvalue weighted by Gasteiger charge is 2.23. The van der Waals surface area contributed by atoms with E-state index in [9.17, 15) is 14.4 Å². The second-order valence-corrected chi connectivity index (χ2v) is 5.81. The number of rotatable bonds is 0. The van der Waals surface area contributed by atoms with Crippen molar-refractivity contribution in [3.63, 3.8) is 0 Å². The fourth-order valence-corrected chi connectivity index (χ4v) is 2.11. The highest BCUT2D eigenvalue weighted by molar-refractivity contribution is 5.91. The summed E-state index contributed by atoms with van der Waals surface area (Å²) < 4.78 is 6.49. The van der Waals surface area contributed by atoms with E-state index in [1.165, 1.54) is 0 Å². The third-order valence-electron chi connectivity index (χ3n) is 2.96. The van der Waals surface area contributed by atoms with E-state index in [1.54, 1.807) is 45.0 Å². The van der Waals surface area contributed by atoms with E-state index < -0.39 is 23.1 Å². The third-order valence-corrected chi connectivity index (χ3v) is 2.96. The second kappa shape index (κ2) is 6.31. The number of aromatic amines is 1. The number of hydrogen-bond acceptors (Lipinski definition) is 5. The number of ether oxygens (including phenoxy) is 1. The van der Waals surface area contributed by atoms with Crippen LogP contribution in [0.1, 0.15) is 34.6 Å². The molecule has 0 aliphatic rings. The molecule has 8 nitrogen and oxygen atoms in total. The number of nitrogens with one attached hydrogen (secondary N) is 1. The Morgan fingerprint density at radius 3 is 2.42 bits per heavy atom.